The van der Waals surface area contributed by atoms with Crippen molar-refractivity contribution in [3.05, 3.63) is 28.8 Å². The molecule has 0 aliphatic rings. The maximum Gasteiger partial charge on any atom is 0.237 e. The van der Waals surface area contributed by atoms with Gasteiger partial charge < -0.3 is 5.32 Å². The van der Waals surface area contributed by atoms with E-state index in [9.17, 15) is 4.79 Å². The maximum absolute atomic E-state index is 11.8. The number of rotatable bonds is 3. The van der Waals surface area contributed by atoms with Gasteiger partial charge in [-0.3, -0.25) is 4.79 Å². The predicted molar refractivity (Wildman–Crippen MR) is 72.4 cm³/mol. The zero-order chi connectivity index (χ0) is 13.0. The van der Waals surface area contributed by atoms with Gasteiger partial charge in [0.05, 0.1) is 16.5 Å². The molecule has 3 nitrogen and oxygen atoms in total. The summed E-state index contributed by atoms with van der Waals surface area (Å²) in [5, 5.41) is 11.6. The van der Waals surface area contributed by atoms with Gasteiger partial charge in [-0.25, -0.2) is 0 Å². The molecule has 1 unspecified atom stereocenters. The zero-order valence-corrected chi connectivity index (χ0v) is 11.2. The summed E-state index contributed by atoms with van der Waals surface area (Å²) in [6, 6.07) is 6.73. The van der Waals surface area contributed by atoms with Gasteiger partial charge in [-0.15, -0.1) is 0 Å². The van der Waals surface area contributed by atoms with Gasteiger partial charge in [0.15, 0.2) is 0 Å². The molecule has 1 amide bonds. The number of halogens is 1. The summed E-state index contributed by atoms with van der Waals surface area (Å²) in [6.07, 6.45) is 0. The van der Waals surface area contributed by atoms with E-state index in [1.165, 1.54) is 0 Å². The molecule has 1 atom stereocenters. The van der Waals surface area contributed by atoms with Crippen LogP contribution >= 0.6 is 24.2 Å². The van der Waals surface area contributed by atoms with Crippen molar-refractivity contribution in [1.29, 1.82) is 5.26 Å². The molecule has 0 fully saturated rings. The molecule has 0 aromatic heterocycles. The van der Waals surface area contributed by atoms with Crippen LogP contribution in [0.15, 0.2) is 18.2 Å². The number of nitrogens with one attached hydrogen (secondary N) is 1. The molecule has 1 rings (SSSR count). The smallest absolute Gasteiger partial charge is 0.237 e. The molecule has 0 spiro atoms. The highest BCUT2D eigenvalue weighted by atomic mass is 35.5. The third kappa shape index (κ3) is 3.65. The molecule has 5 heteroatoms. The quantitative estimate of drug-likeness (QED) is 0.828. The number of hydrogen-bond donors (Lipinski definition) is 2. The lowest BCUT2D eigenvalue weighted by molar-refractivity contribution is -0.116. The van der Waals surface area contributed by atoms with Crippen LogP contribution in [-0.4, -0.2) is 11.2 Å². The Balaban J connectivity index is 2.92. The van der Waals surface area contributed by atoms with E-state index in [0.717, 1.165) is 0 Å². The van der Waals surface area contributed by atoms with Crippen LogP contribution in [-0.2, 0) is 4.79 Å². The number of carbonyl (C=O) groups is 1. The van der Waals surface area contributed by atoms with Gasteiger partial charge in [-0.1, -0.05) is 25.4 Å². The lowest BCUT2D eigenvalue weighted by Crippen LogP contribution is -2.27. The monoisotopic (exact) mass is 268 g/mol. The van der Waals surface area contributed by atoms with Crippen LogP contribution in [0.3, 0.4) is 0 Å². The molecule has 1 aromatic rings. The minimum atomic E-state index is -0.416. The Morgan fingerprint density at radius 2 is 2.18 bits per heavy atom. The fourth-order valence-corrected chi connectivity index (χ4v) is 1.46. The van der Waals surface area contributed by atoms with Gasteiger partial charge in [0.2, 0.25) is 5.91 Å². The molecule has 90 valence electrons. The highest BCUT2D eigenvalue weighted by Gasteiger charge is 2.18. The van der Waals surface area contributed by atoms with Crippen LogP contribution < -0.4 is 5.32 Å². The molecule has 1 aromatic carbocycles. The van der Waals surface area contributed by atoms with E-state index in [-0.39, 0.29) is 11.8 Å². The molecule has 1 N–H and O–H groups in total. The fourth-order valence-electron chi connectivity index (χ4n) is 1.23. The first-order chi connectivity index (χ1) is 7.95. The first-order valence-corrected chi connectivity index (χ1v) is 6.03. The second-order valence-electron chi connectivity index (χ2n) is 3.98. The Bertz CT molecular complexity index is 468. The van der Waals surface area contributed by atoms with E-state index in [1.54, 1.807) is 18.2 Å². The molecular weight excluding hydrogens is 256 g/mol. The third-order valence-electron chi connectivity index (χ3n) is 2.26. The van der Waals surface area contributed by atoms with Crippen molar-refractivity contribution in [1.82, 2.24) is 0 Å². The van der Waals surface area contributed by atoms with E-state index < -0.39 is 5.25 Å². The van der Waals surface area contributed by atoms with Gasteiger partial charge >= 0.3 is 0 Å². The van der Waals surface area contributed by atoms with Gasteiger partial charge in [0.25, 0.3) is 0 Å². The number of anilines is 1. The van der Waals surface area contributed by atoms with E-state index in [0.29, 0.717) is 16.3 Å². The second kappa shape index (κ2) is 5.95. The van der Waals surface area contributed by atoms with E-state index in [2.05, 4.69) is 17.9 Å². The molecule has 0 aliphatic heterocycles. The average molecular weight is 269 g/mol. The van der Waals surface area contributed by atoms with Crippen molar-refractivity contribution in [3.8, 4) is 6.07 Å². The SMILES string of the molecule is CC(C)C(S)C(=O)Nc1cc(Cl)ccc1C#N. The number of thiol groups is 1. The molecule has 0 bridgehead atoms. The van der Waals surface area contributed by atoms with Crippen molar-refractivity contribution in [2.45, 2.75) is 19.1 Å². The minimum Gasteiger partial charge on any atom is -0.324 e. The first-order valence-electron chi connectivity index (χ1n) is 5.14. The normalized spacial score (nSPS) is 12.0. The molecule has 0 radical (unpaired) electrons. The summed E-state index contributed by atoms with van der Waals surface area (Å²) in [7, 11) is 0. The van der Waals surface area contributed by atoms with E-state index in [1.807, 2.05) is 19.9 Å². The van der Waals surface area contributed by atoms with Crippen LogP contribution in [0.25, 0.3) is 0 Å². The molecule has 0 saturated carbocycles. The maximum atomic E-state index is 11.8. The summed E-state index contributed by atoms with van der Waals surface area (Å²) in [4.78, 5) is 11.8. The van der Waals surface area contributed by atoms with E-state index in [4.69, 9.17) is 16.9 Å². The van der Waals surface area contributed by atoms with E-state index >= 15 is 0 Å². The summed E-state index contributed by atoms with van der Waals surface area (Å²) in [5.41, 5.74) is 0.803. The highest BCUT2D eigenvalue weighted by molar-refractivity contribution is 7.81. The summed E-state index contributed by atoms with van der Waals surface area (Å²) >= 11 is 10.0. The lowest BCUT2D eigenvalue weighted by Gasteiger charge is -2.15. The summed E-state index contributed by atoms with van der Waals surface area (Å²) in [5.74, 6) is -0.120. The predicted octanol–water partition coefficient (Wildman–Crippen LogP) is 3.10. The van der Waals surface area contributed by atoms with Gasteiger partial charge in [0, 0.05) is 5.02 Å². The van der Waals surface area contributed by atoms with Gasteiger partial charge in [-0.05, 0) is 24.1 Å². The van der Waals surface area contributed by atoms with Gasteiger partial charge in [-0.2, -0.15) is 17.9 Å². The Morgan fingerprint density at radius 3 is 2.71 bits per heavy atom. The molecule has 0 aliphatic carbocycles. The van der Waals surface area contributed by atoms with Crippen LogP contribution in [0, 0.1) is 17.2 Å². The first kappa shape index (κ1) is 13.9. The van der Waals surface area contributed by atoms with Crippen LogP contribution in [0.5, 0.6) is 0 Å². The third-order valence-corrected chi connectivity index (χ3v) is 3.33. The van der Waals surface area contributed by atoms with Gasteiger partial charge in [0.1, 0.15) is 6.07 Å². The summed E-state index contributed by atoms with van der Waals surface area (Å²) < 4.78 is 0. The number of nitrogens with zero attached hydrogens (tertiary/aromatic N) is 1. The Labute approximate surface area is 111 Å². The van der Waals surface area contributed by atoms with Crippen molar-refractivity contribution in [2.75, 3.05) is 5.32 Å². The Morgan fingerprint density at radius 1 is 1.53 bits per heavy atom. The lowest BCUT2D eigenvalue weighted by atomic mass is 10.1. The van der Waals surface area contributed by atoms with Crippen molar-refractivity contribution in [3.63, 3.8) is 0 Å². The van der Waals surface area contributed by atoms with Crippen molar-refractivity contribution < 1.29 is 4.79 Å². The number of amides is 1. The topological polar surface area (TPSA) is 52.9 Å². The average Bonchev–Trinajstić information content (AvgIpc) is 2.28. The molecule has 17 heavy (non-hydrogen) atoms. The number of hydrogen-bond acceptors (Lipinski definition) is 3. The van der Waals surface area contributed by atoms with Crippen molar-refractivity contribution >= 4 is 35.8 Å². The number of carbonyl (C=O) groups excluding carboxylic acids is 1. The second-order valence-corrected chi connectivity index (χ2v) is 4.97. The number of nitriles is 1. The molecule has 0 saturated heterocycles. The largest absolute Gasteiger partial charge is 0.324 e. The van der Waals surface area contributed by atoms with Crippen LogP contribution in [0.1, 0.15) is 19.4 Å². The Kier molecular flexibility index (Phi) is 4.86. The fraction of sp³-hybridized carbons (Fsp3) is 0.333. The standard InChI is InChI=1S/C12H13ClN2OS/c1-7(2)11(17)12(16)15-10-5-9(13)4-3-8(10)6-14/h3-5,7,11,17H,1-2H3,(H,15,16). The molecule has 0 heterocycles. The Hall–Kier alpha value is -1.18. The summed E-state index contributed by atoms with van der Waals surface area (Å²) in [6.45, 7) is 3.81. The molecular formula is C12H13ClN2OS. The van der Waals surface area contributed by atoms with Crippen molar-refractivity contribution in [2.24, 2.45) is 5.92 Å². The van der Waals surface area contributed by atoms with Crippen LogP contribution in [0.2, 0.25) is 5.02 Å². The number of benzene rings is 1. The zero-order valence-electron chi connectivity index (χ0n) is 9.57. The minimum absolute atomic E-state index is 0.114. The highest BCUT2D eigenvalue weighted by Crippen LogP contribution is 2.21. The van der Waals surface area contributed by atoms with Crippen LogP contribution in [0.4, 0.5) is 5.69 Å².